The van der Waals surface area contributed by atoms with Crippen LogP contribution in [0.3, 0.4) is 0 Å². The second kappa shape index (κ2) is 5.60. The molecule has 0 spiro atoms. The van der Waals surface area contributed by atoms with Gasteiger partial charge in [0.05, 0.1) is 20.6 Å². The molecule has 2 aromatic rings. The van der Waals surface area contributed by atoms with Crippen molar-refractivity contribution in [2.45, 2.75) is 0 Å². The van der Waals surface area contributed by atoms with Crippen molar-refractivity contribution in [1.29, 1.82) is 0 Å². The van der Waals surface area contributed by atoms with E-state index >= 15 is 0 Å². The summed E-state index contributed by atoms with van der Waals surface area (Å²) in [4.78, 5) is 0. The molecule has 0 atom stereocenters. The van der Waals surface area contributed by atoms with Crippen LogP contribution in [0.1, 0.15) is 0 Å². The van der Waals surface area contributed by atoms with Gasteiger partial charge in [-0.15, -0.1) is 0 Å². The monoisotopic (exact) mass is 362 g/mol. The number of hydrogen-bond acceptors (Lipinski definition) is 0. The SMILES string of the molecule is Fc1c(F)c(-c2ccc(Cl)c(Cl)c2Cl)c(F)c(F)c1Cl. The van der Waals surface area contributed by atoms with Crippen LogP contribution in [-0.4, -0.2) is 0 Å². The Labute approximate surface area is 130 Å². The van der Waals surface area contributed by atoms with Crippen LogP contribution in [-0.2, 0) is 0 Å². The highest BCUT2D eigenvalue weighted by Gasteiger charge is 2.27. The van der Waals surface area contributed by atoms with Crippen LogP contribution < -0.4 is 0 Å². The molecule has 2 rings (SSSR count). The van der Waals surface area contributed by atoms with Gasteiger partial charge in [0.25, 0.3) is 0 Å². The molecule has 20 heavy (non-hydrogen) atoms. The summed E-state index contributed by atoms with van der Waals surface area (Å²) in [5.74, 6) is -6.78. The van der Waals surface area contributed by atoms with Crippen LogP contribution in [0.4, 0.5) is 17.6 Å². The molecule has 0 aromatic heterocycles. The molecule has 0 aliphatic carbocycles. The summed E-state index contributed by atoms with van der Waals surface area (Å²) in [5, 5.41) is -1.78. The van der Waals surface area contributed by atoms with Gasteiger partial charge in [0.1, 0.15) is 5.02 Å². The second-order valence-electron chi connectivity index (χ2n) is 3.67. The highest BCUT2D eigenvalue weighted by atomic mass is 35.5. The van der Waals surface area contributed by atoms with Gasteiger partial charge in [-0.1, -0.05) is 52.5 Å². The van der Waals surface area contributed by atoms with Crippen molar-refractivity contribution in [1.82, 2.24) is 0 Å². The van der Waals surface area contributed by atoms with Crippen LogP contribution >= 0.6 is 46.4 Å². The lowest BCUT2D eigenvalue weighted by Crippen LogP contribution is -2.01. The average Bonchev–Trinajstić information content (AvgIpc) is 2.43. The third-order valence-electron chi connectivity index (χ3n) is 2.51. The van der Waals surface area contributed by atoms with Gasteiger partial charge in [0.15, 0.2) is 23.3 Å². The largest absolute Gasteiger partial charge is 0.203 e. The van der Waals surface area contributed by atoms with E-state index in [4.69, 9.17) is 46.4 Å². The van der Waals surface area contributed by atoms with E-state index in [-0.39, 0.29) is 20.6 Å². The topological polar surface area (TPSA) is 0 Å². The molecule has 0 unspecified atom stereocenters. The van der Waals surface area contributed by atoms with E-state index in [0.717, 1.165) is 6.07 Å². The summed E-state index contributed by atoms with van der Waals surface area (Å²) >= 11 is 22.3. The molecular weight excluding hydrogens is 362 g/mol. The molecule has 0 aliphatic heterocycles. The molecule has 2 aromatic carbocycles. The van der Waals surface area contributed by atoms with E-state index in [9.17, 15) is 17.6 Å². The number of halogens is 8. The zero-order valence-electron chi connectivity index (χ0n) is 9.18. The molecule has 0 amide bonds. The average molecular weight is 364 g/mol. The van der Waals surface area contributed by atoms with Gasteiger partial charge in [-0.25, -0.2) is 17.6 Å². The van der Waals surface area contributed by atoms with Crippen LogP contribution in [0.5, 0.6) is 0 Å². The van der Waals surface area contributed by atoms with Gasteiger partial charge in [-0.3, -0.25) is 0 Å². The molecule has 0 bridgehead atoms. The first-order valence-corrected chi connectivity index (χ1v) is 6.43. The second-order valence-corrected chi connectivity index (χ2v) is 5.21. The van der Waals surface area contributed by atoms with Crippen molar-refractivity contribution >= 4 is 46.4 Å². The summed E-state index contributed by atoms with van der Waals surface area (Å²) in [6.45, 7) is 0. The third kappa shape index (κ3) is 2.35. The third-order valence-corrected chi connectivity index (χ3v) is 4.14. The minimum Gasteiger partial charge on any atom is -0.203 e. The highest BCUT2D eigenvalue weighted by Crippen LogP contribution is 2.42. The minimum absolute atomic E-state index is 0.0242. The van der Waals surface area contributed by atoms with E-state index in [1.165, 1.54) is 6.07 Å². The van der Waals surface area contributed by atoms with Crippen molar-refractivity contribution in [3.63, 3.8) is 0 Å². The Morgan fingerprint density at radius 2 is 1.10 bits per heavy atom. The molecule has 0 saturated carbocycles. The molecule has 0 nitrogen and oxygen atoms in total. The minimum atomic E-state index is -1.72. The highest BCUT2D eigenvalue weighted by molar-refractivity contribution is 6.49. The zero-order valence-corrected chi connectivity index (χ0v) is 12.2. The lowest BCUT2D eigenvalue weighted by molar-refractivity contribution is 0.459. The van der Waals surface area contributed by atoms with E-state index in [1.54, 1.807) is 0 Å². The summed E-state index contributed by atoms with van der Waals surface area (Å²) in [5.41, 5.74) is -1.35. The Bertz CT molecular complexity index is 686. The lowest BCUT2D eigenvalue weighted by Gasteiger charge is -2.11. The Hall–Kier alpha value is -0.680. The predicted octanol–water partition coefficient (Wildman–Crippen LogP) is 6.52. The van der Waals surface area contributed by atoms with Gasteiger partial charge >= 0.3 is 0 Å². The summed E-state index contributed by atoms with van der Waals surface area (Å²) < 4.78 is 54.4. The summed E-state index contributed by atoms with van der Waals surface area (Å²) in [6.07, 6.45) is 0. The van der Waals surface area contributed by atoms with E-state index < -0.39 is 33.9 Å². The molecule has 0 N–H and O–H groups in total. The van der Waals surface area contributed by atoms with E-state index in [1.807, 2.05) is 0 Å². The number of benzene rings is 2. The molecule has 8 heteroatoms. The standard InChI is InChI=1S/C12H2Cl4F4/c13-4-2-1-3(6(14)7(4)15)5-9(17)11(19)8(16)12(20)10(5)18/h1-2H. The van der Waals surface area contributed by atoms with Crippen molar-refractivity contribution in [3.8, 4) is 11.1 Å². The predicted molar refractivity (Wildman–Crippen MR) is 71.8 cm³/mol. The van der Waals surface area contributed by atoms with Crippen LogP contribution in [0.25, 0.3) is 11.1 Å². The molecule has 0 saturated heterocycles. The van der Waals surface area contributed by atoms with Gasteiger partial charge in [0, 0.05) is 5.56 Å². The van der Waals surface area contributed by atoms with Crippen molar-refractivity contribution in [2.75, 3.05) is 0 Å². The van der Waals surface area contributed by atoms with Crippen molar-refractivity contribution in [2.24, 2.45) is 0 Å². The fourth-order valence-corrected chi connectivity index (χ4v) is 2.36. The Morgan fingerprint density at radius 3 is 1.60 bits per heavy atom. The van der Waals surface area contributed by atoms with Crippen LogP contribution in [0.2, 0.25) is 20.1 Å². The zero-order chi connectivity index (χ0) is 15.2. The van der Waals surface area contributed by atoms with Crippen LogP contribution in [0, 0.1) is 23.3 Å². The molecule has 0 heterocycles. The molecule has 106 valence electrons. The smallest absolute Gasteiger partial charge is 0.181 e. The molecule has 0 fully saturated rings. The van der Waals surface area contributed by atoms with Crippen molar-refractivity contribution < 1.29 is 17.6 Å². The molecular formula is C12H2Cl4F4. The maximum absolute atomic E-state index is 13.8. The maximum atomic E-state index is 13.8. The summed E-state index contributed by atoms with van der Waals surface area (Å²) in [7, 11) is 0. The van der Waals surface area contributed by atoms with Gasteiger partial charge in [-0.2, -0.15) is 0 Å². The number of hydrogen-bond donors (Lipinski definition) is 0. The van der Waals surface area contributed by atoms with Gasteiger partial charge in [0.2, 0.25) is 0 Å². The first-order chi connectivity index (χ1) is 9.27. The van der Waals surface area contributed by atoms with Crippen LogP contribution in [0.15, 0.2) is 12.1 Å². The van der Waals surface area contributed by atoms with E-state index in [2.05, 4.69) is 0 Å². The fraction of sp³-hybridized carbons (Fsp3) is 0. The van der Waals surface area contributed by atoms with Gasteiger partial charge in [-0.05, 0) is 6.07 Å². The number of rotatable bonds is 1. The first kappa shape index (κ1) is 15.7. The van der Waals surface area contributed by atoms with Gasteiger partial charge < -0.3 is 0 Å². The Morgan fingerprint density at radius 1 is 0.600 bits per heavy atom. The molecule has 0 aliphatic rings. The first-order valence-electron chi connectivity index (χ1n) is 4.92. The fourth-order valence-electron chi connectivity index (χ4n) is 1.56. The maximum Gasteiger partial charge on any atom is 0.181 e. The normalized spacial score (nSPS) is 11.0. The quantitative estimate of drug-likeness (QED) is 0.307. The summed E-state index contributed by atoms with van der Waals surface area (Å²) in [6, 6.07) is 2.28. The van der Waals surface area contributed by atoms with Crippen molar-refractivity contribution in [3.05, 3.63) is 55.5 Å². The Kier molecular flexibility index (Phi) is 4.40. The lowest BCUT2D eigenvalue weighted by atomic mass is 10.0. The van der Waals surface area contributed by atoms with E-state index in [0.29, 0.717) is 0 Å². The molecule has 0 radical (unpaired) electrons. The Balaban J connectivity index is 2.87.